The number of nitrogens with zero attached hydrogens (tertiary/aromatic N) is 2. The number of thiazole rings is 1. The average molecular weight is 284 g/mol. The fraction of sp³-hybridized carbons (Fsp3) is 0.786. The fourth-order valence-electron chi connectivity index (χ4n) is 2.59. The van der Waals surface area contributed by atoms with Gasteiger partial charge in [-0.05, 0) is 25.7 Å². The standard InChI is InChI=1S/C14H24N2O2S/c1-10(2)12-11(8-17)19-13(15-12)16-7-5-6-14(3,9-16)18-4/h10,17H,5-9H2,1-4H3. The van der Waals surface area contributed by atoms with E-state index in [9.17, 15) is 5.11 Å². The van der Waals surface area contributed by atoms with Crippen LogP contribution < -0.4 is 4.90 Å². The van der Waals surface area contributed by atoms with Gasteiger partial charge in [0.1, 0.15) is 0 Å². The first kappa shape index (κ1) is 14.8. The molecular formula is C14H24N2O2S. The first-order valence-corrected chi connectivity index (χ1v) is 7.71. The van der Waals surface area contributed by atoms with Crippen LogP contribution in [0.15, 0.2) is 0 Å². The Morgan fingerprint density at radius 1 is 1.53 bits per heavy atom. The highest BCUT2D eigenvalue weighted by Gasteiger charge is 2.32. The highest BCUT2D eigenvalue weighted by atomic mass is 32.1. The first-order chi connectivity index (χ1) is 8.99. The van der Waals surface area contributed by atoms with Crippen molar-refractivity contribution in [3.05, 3.63) is 10.6 Å². The zero-order valence-corrected chi connectivity index (χ0v) is 13.1. The molecule has 108 valence electrons. The van der Waals surface area contributed by atoms with Crippen LogP contribution in [0.4, 0.5) is 5.13 Å². The van der Waals surface area contributed by atoms with E-state index in [-0.39, 0.29) is 12.2 Å². The van der Waals surface area contributed by atoms with Gasteiger partial charge in [-0.1, -0.05) is 25.2 Å². The van der Waals surface area contributed by atoms with Crippen molar-refractivity contribution in [2.24, 2.45) is 0 Å². The third-order valence-corrected chi connectivity index (χ3v) is 4.95. The lowest BCUT2D eigenvalue weighted by Crippen LogP contribution is -2.47. The summed E-state index contributed by atoms with van der Waals surface area (Å²) in [4.78, 5) is 8.02. The largest absolute Gasteiger partial charge is 0.391 e. The average Bonchev–Trinajstić information content (AvgIpc) is 2.83. The van der Waals surface area contributed by atoms with Gasteiger partial charge in [0, 0.05) is 20.2 Å². The molecule has 4 nitrogen and oxygen atoms in total. The molecule has 1 aliphatic rings. The fourth-order valence-corrected chi connectivity index (χ4v) is 3.69. The van der Waals surface area contributed by atoms with Crippen LogP contribution in [0.2, 0.25) is 0 Å². The van der Waals surface area contributed by atoms with Crippen LogP contribution in [0.3, 0.4) is 0 Å². The van der Waals surface area contributed by atoms with Crippen LogP contribution in [0.1, 0.15) is 50.1 Å². The molecule has 0 spiro atoms. The van der Waals surface area contributed by atoms with Crippen LogP contribution in [0, 0.1) is 0 Å². The monoisotopic (exact) mass is 284 g/mol. The molecule has 2 rings (SSSR count). The van der Waals surface area contributed by atoms with Crippen molar-refractivity contribution in [3.8, 4) is 0 Å². The minimum absolute atomic E-state index is 0.0821. The summed E-state index contributed by atoms with van der Waals surface area (Å²) in [7, 11) is 1.78. The van der Waals surface area contributed by atoms with E-state index in [1.165, 1.54) is 0 Å². The van der Waals surface area contributed by atoms with Crippen LogP contribution in [-0.4, -0.2) is 35.9 Å². The maximum atomic E-state index is 9.46. The molecule has 0 bridgehead atoms. The number of rotatable bonds is 4. The van der Waals surface area contributed by atoms with E-state index >= 15 is 0 Å². The zero-order chi connectivity index (χ0) is 14.0. The molecule has 1 aliphatic heterocycles. The van der Waals surface area contributed by atoms with E-state index in [4.69, 9.17) is 9.72 Å². The minimum atomic E-state index is -0.0821. The van der Waals surface area contributed by atoms with Crippen molar-refractivity contribution >= 4 is 16.5 Å². The van der Waals surface area contributed by atoms with Crippen molar-refractivity contribution in [1.29, 1.82) is 0 Å². The van der Waals surface area contributed by atoms with E-state index in [0.29, 0.717) is 5.92 Å². The number of anilines is 1. The molecule has 19 heavy (non-hydrogen) atoms. The molecule has 1 aromatic rings. The topological polar surface area (TPSA) is 45.6 Å². The predicted octanol–water partition coefficient (Wildman–Crippen LogP) is 2.76. The second kappa shape index (κ2) is 5.77. The molecular weight excluding hydrogens is 260 g/mol. The Labute approximate surface area is 119 Å². The third kappa shape index (κ3) is 3.09. The molecule has 0 saturated carbocycles. The van der Waals surface area contributed by atoms with Crippen molar-refractivity contribution in [2.75, 3.05) is 25.1 Å². The summed E-state index contributed by atoms with van der Waals surface area (Å²) in [6.07, 6.45) is 2.21. The highest BCUT2D eigenvalue weighted by molar-refractivity contribution is 7.15. The number of hydrogen-bond acceptors (Lipinski definition) is 5. The minimum Gasteiger partial charge on any atom is -0.391 e. The molecule has 1 atom stereocenters. The maximum absolute atomic E-state index is 9.46. The van der Waals surface area contributed by atoms with Gasteiger partial charge in [-0.15, -0.1) is 0 Å². The summed E-state index contributed by atoms with van der Waals surface area (Å²) in [5.41, 5.74) is 0.952. The molecule has 5 heteroatoms. The summed E-state index contributed by atoms with van der Waals surface area (Å²) in [5, 5.41) is 10.5. The summed E-state index contributed by atoms with van der Waals surface area (Å²) >= 11 is 1.61. The van der Waals surface area contributed by atoms with Gasteiger partial charge in [0.05, 0.1) is 22.8 Å². The number of aliphatic hydroxyl groups is 1. The van der Waals surface area contributed by atoms with E-state index in [1.807, 2.05) is 0 Å². The number of aliphatic hydroxyl groups excluding tert-OH is 1. The first-order valence-electron chi connectivity index (χ1n) is 6.89. The van der Waals surface area contributed by atoms with Crippen LogP contribution in [0.5, 0.6) is 0 Å². The number of piperidine rings is 1. The summed E-state index contributed by atoms with van der Waals surface area (Å²) in [6, 6.07) is 0. The van der Waals surface area contributed by atoms with Crippen molar-refractivity contribution < 1.29 is 9.84 Å². The zero-order valence-electron chi connectivity index (χ0n) is 12.3. The second-order valence-electron chi connectivity index (χ2n) is 5.80. The van der Waals surface area contributed by atoms with Gasteiger partial charge in [-0.2, -0.15) is 0 Å². The number of methoxy groups -OCH3 is 1. The van der Waals surface area contributed by atoms with E-state index in [1.54, 1.807) is 18.4 Å². The summed E-state index contributed by atoms with van der Waals surface area (Å²) in [6.45, 7) is 8.37. The van der Waals surface area contributed by atoms with Crippen LogP contribution in [0.25, 0.3) is 0 Å². The number of aromatic nitrogens is 1. The lowest BCUT2D eigenvalue weighted by molar-refractivity contribution is -0.00466. The Bertz CT molecular complexity index is 433. The Morgan fingerprint density at radius 3 is 2.79 bits per heavy atom. The van der Waals surface area contributed by atoms with E-state index in [0.717, 1.165) is 41.6 Å². The molecule has 1 N–H and O–H groups in total. The molecule has 1 fully saturated rings. The molecule has 2 heterocycles. The van der Waals surface area contributed by atoms with E-state index in [2.05, 4.69) is 25.7 Å². The Hall–Kier alpha value is -0.650. The van der Waals surface area contributed by atoms with Crippen molar-refractivity contribution in [1.82, 2.24) is 4.98 Å². The van der Waals surface area contributed by atoms with E-state index < -0.39 is 0 Å². The lowest BCUT2D eigenvalue weighted by Gasteiger charge is -2.39. The van der Waals surface area contributed by atoms with Gasteiger partial charge >= 0.3 is 0 Å². The van der Waals surface area contributed by atoms with Gasteiger partial charge in [0.2, 0.25) is 0 Å². The molecule has 0 amide bonds. The van der Waals surface area contributed by atoms with Crippen LogP contribution in [-0.2, 0) is 11.3 Å². The molecule has 1 saturated heterocycles. The number of ether oxygens (including phenoxy) is 1. The van der Waals surface area contributed by atoms with Gasteiger partial charge in [-0.25, -0.2) is 4.98 Å². The quantitative estimate of drug-likeness (QED) is 0.923. The predicted molar refractivity (Wildman–Crippen MR) is 79.0 cm³/mol. The van der Waals surface area contributed by atoms with Gasteiger partial charge in [0.25, 0.3) is 0 Å². The third-order valence-electron chi connectivity index (χ3n) is 3.83. The smallest absolute Gasteiger partial charge is 0.185 e. The molecule has 0 radical (unpaired) electrons. The summed E-state index contributed by atoms with van der Waals surface area (Å²) in [5.74, 6) is 0.353. The SMILES string of the molecule is COC1(C)CCCN(c2nc(C(C)C)c(CO)s2)C1. The lowest BCUT2D eigenvalue weighted by atomic mass is 9.95. The molecule has 0 aromatic carbocycles. The van der Waals surface area contributed by atoms with Gasteiger partial charge in [0.15, 0.2) is 5.13 Å². The normalized spacial score (nSPS) is 24.2. The maximum Gasteiger partial charge on any atom is 0.185 e. The summed E-state index contributed by atoms with van der Waals surface area (Å²) < 4.78 is 5.63. The van der Waals surface area contributed by atoms with Gasteiger partial charge in [-0.3, -0.25) is 0 Å². The van der Waals surface area contributed by atoms with Crippen molar-refractivity contribution in [3.63, 3.8) is 0 Å². The second-order valence-corrected chi connectivity index (χ2v) is 6.86. The molecule has 1 aromatic heterocycles. The Balaban J connectivity index is 2.22. The number of hydrogen-bond donors (Lipinski definition) is 1. The molecule has 0 aliphatic carbocycles. The highest BCUT2D eigenvalue weighted by Crippen LogP contribution is 2.34. The van der Waals surface area contributed by atoms with Gasteiger partial charge < -0.3 is 14.7 Å². The van der Waals surface area contributed by atoms with Crippen LogP contribution >= 0.6 is 11.3 Å². The van der Waals surface area contributed by atoms with Crippen molar-refractivity contribution in [2.45, 2.75) is 51.7 Å². The Kier molecular flexibility index (Phi) is 4.48. The Morgan fingerprint density at radius 2 is 2.26 bits per heavy atom. The molecule has 1 unspecified atom stereocenters.